The van der Waals surface area contributed by atoms with Gasteiger partial charge in [0.1, 0.15) is 5.82 Å². The van der Waals surface area contributed by atoms with Crippen molar-refractivity contribution in [2.75, 3.05) is 50.4 Å². The molecule has 1 aromatic rings. The molecule has 2 rings (SSSR count). The average molecular weight is 239 g/mol. The van der Waals surface area contributed by atoms with Gasteiger partial charge in [0.15, 0.2) is 0 Å². The van der Waals surface area contributed by atoms with Gasteiger partial charge in [0.2, 0.25) is 0 Å². The molecule has 1 aliphatic heterocycles. The number of hydrogen-bond donors (Lipinski definition) is 2. The van der Waals surface area contributed by atoms with Gasteiger partial charge in [-0.05, 0) is 12.1 Å². The van der Waals surface area contributed by atoms with E-state index >= 15 is 0 Å². The van der Waals surface area contributed by atoms with Crippen LogP contribution in [-0.2, 0) is 4.74 Å². The zero-order valence-corrected chi connectivity index (χ0v) is 9.79. The van der Waals surface area contributed by atoms with Gasteiger partial charge in [-0.15, -0.1) is 0 Å². The Morgan fingerprint density at radius 3 is 2.88 bits per heavy atom. The first-order valence-corrected chi connectivity index (χ1v) is 5.85. The van der Waals surface area contributed by atoms with E-state index in [-0.39, 0.29) is 11.5 Å². The third-order valence-corrected chi connectivity index (χ3v) is 2.90. The molecule has 1 fully saturated rings. The van der Waals surface area contributed by atoms with E-state index in [9.17, 15) is 4.39 Å². The normalized spacial score (nSPS) is 17.0. The molecule has 0 atom stereocenters. The Morgan fingerprint density at radius 1 is 1.35 bits per heavy atom. The molecule has 0 unspecified atom stereocenters. The van der Waals surface area contributed by atoms with E-state index in [2.05, 4.69) is 10.2 Å². The predicted molar refractivity (Wildman–Crippen MR) is 66.6 cm³/mol. The van der Waals surface area contributed by atoms with Crippen LogP contribution in [0.2, 0.25) is 0 Å². The van der Waals surface area contributed by atoms with Gasteiger partial charge in [-0.3, -0.25) is 4.90 Å². The average Bonchev–Trinajstić information content (AvgIpc) is 2.36. The van der Waals surface area contributed by atoms with Gasteiger partial charge in [0.25, 0.3) is 0 Å². The van der Waals surface area contributed by atoms with Crippen LogP contribution in [0.4, 0.5) is 15.8 Å². The second-order valence-corrected chi connectivity index (χ2v) is 4.08. The van der Waals surface area contributed by atoms with Crippen molar-refractivity contribution in [3.05, 3.63) is 24.0 Å². The van der Waals surface area contributed by atoms with Crippen LogP contribution in [0, 0.1) is 5.82 Å². The summed E-state index contributed by atoms with van der Waals surface area (Å²) in [5.41, 5.74) is 6.49. The lowest BCUT2D eigenvalue weighted by Crippen LogP contribution is -2.39. The van der Waals surface area contributed by atoms with E-state index in [0.29, 0.717) is 5.69 Å². The zero-order chi connectivity index (χ0) is 12.1. The molecule has 0 spiro atoms. The molecule has 94 valence electrons. The maximum Gasteiger partial charge on any atom is 0.148 e. The van der Waals surface area contributed by atoms with Crippen LogP contribution >= 0.6 is 0 Å². The summed E-state index contributed by atoms with van der Waals surface area (Å²) in [6.07, 6.45) is 0. The van der Waals surface area contributed by atoms with Crippen LogP contribution in [0.5, 0.6) is 0 Å². The fraction of sp³-hybridized carbons (Fsp3) is 0.500. The third kappa shape index (κ3) is 3.31. The van der Waals surface area contributed by atoms with Crippen molar-refractivity contribution in [2.24, 2.45) is 0 Å². The van der Waals surface area contributed by atoms with E-state index in [4.69, 9.17) is 10.5 Å². The summed E-state index contributed by atoms with van der Waals surface area (Å²) in [6, 6.07) is 4.81. The van der Waals surface area contributed by atoms with Crippen LogP contribution in [0.15, 0.2) is 18.2 Å². The highest BCUT2D eigenvalue weighted by atomic mass is 19.1. The predicted octanol–water partition coefficient (Wildman–Crippen LogP) is 1.15. The molecule has 0 aliphatic carbocycles. The number of hydrogen-bond acceptors (Lipinski definition) is 4. The van der Waals surface area contributed by atoms with Gasteiger partial charge in [-0.25, -0.2) is 4.39 Å². The summed E-state index contributed by atoms with van der Waals surface area (Å²) >= 11 is 0. The third-order valence-electron chi connectivity index (χ3n) is 2.90. The van der Waals surface area contributed by atoms with E-state index in [1.807, 2.05) is 0 Å². The number of nitrogens with two attached hydrogens (primary N) is 1. The number of rotatable bonds is 4. The van der Waals surface area contributed by atoms with Crippen molar-refractivity contribution >= 4 is 11.4 Å². The Bertz CT molecular complexity index is 367. The second kappa shape index (κ2) is 5.84. The smallest absolute Gasteiger partial charge is 0.148 e. The van der Waals surface area contributed by atoms with Crippen molar-refractivity contribution in [3.63, 3.8) is 0 Å². The van der Waals surface area contributed by atoms with Crippen LogP contribution in [0.3, 0.4) is 0 Å². The largest absolute Gasteiger partial charge is 0.395 e. The van der Waals surface area contributed by atoms with E-state index < -0.39 is 0 Å². The van der Waals surface area contributed by atoms with E-state index in [1.54, 1.807) is 12.1 Å². The van der Waals surface area contributed by atoms with Crippen LogP contribution in [0.1, 0.15) is 0 Å². The van der Waals surface area contributed by atoms with Gasteiger partial charge >= 0.3 is 0 Å². The Morgan fingerprint density at radius 2 is 2.12 bits per heavy atom. The molecule has 0 aromatic heterocycles. The van der Waals surface area contributed by atoms with Crippen LogP contribution in [-0.4, -0.2) is 44.3 Å². The summed E-state index contributed by atoms with van der Waals surface area (Å²) in [7, 11) is 0. The van der Waals surface area contributed by atoms with Crippen molar-refractivity contribution in [2.45, 2.75) is 0 Å². The number of morpholine rings is 1. The van der Waals surface area contributed by atoms with E-state index in [0.717, 1.165) is 39.4 Å². The Hall–Kier alpha value is -1.33. The molecule has 1 aromatic carbocycles. The number of nitrogens with one attached hydrogen (secondary N) is 1. The highest BCUT2D eigenvalue weighted by Crippen LogP contribution is 2.20. The van der Waals surface area contributed by atoms with Gasteiger partial charge in [0.05, 0.1) is 24.6 Å². The molecular weight excluding hydrogens is 221 g/mol. The number of anilines is 2. The molecule has 1 heterocycles. The quantitative estimate of drug-likeness (QED) is 0.774. The fourth-order valence-corrected chi connectivity index (χ4v) is 1.86. The Balaban J connectivity index is 1.79. The summed E-state index contributed by atoms with van der Waals surface area (Å²) < 4.78 is 18.4. The van der Waals surface area contributed by atoms with Crippen molar-refractivity contribution in [1.29, 1.82) is 0 Å². The molecular formula is C12H18FN3O. The number of nitrogen functional groups attached to an aromatic ring is 1. The molecule has 1 saturated heterocycles. The highest BCUT2D eigenvalue weighted by molar-refractivity contribution is 5.66. The Kier molecular flexibility index (Phi) is 4.17. The van der Waals surface area contributed by atoms with Crippen molar-refractivity contribution in [1.82, 2.24) is 4.90 Å². The minimum absolute atomic E-state index is 0.189. The molecule has 1 aliphatic rings. The van der Waals surface area contributed by atoms with Crippen molar-refractivity contribution in [3.8, 4) is 0 Å². The summed E-state index contributed by atoms with van der Waals surface area (Å²) in [6.45, 7) is 5.18. The molecule has 17 heavy (non-hydrogen) atoms. The summed E-state index contributed by atoms with van der Waals surface area (Å²) in [4.78, 5) is 2.31. The number of para-hydroxylation sites is 1. The molecule has 5 heteroatoms. The molecule has 0 saturated carbocycles. The van der Waals surface area contributed by atoms with Crippen molar-refractivity contribution < 1.29 is 9.13 Å². The van der Waals surface area contributed by atoms with E-state index in [1.165, 1.54) is 6.07 Å². The minimum Gasteiger partial charge on any atom is -0.395 e. The molecule has 0 bridgehead atoms. The highest BCUT2D eigenvalue weighted by Gasteiger charge is 2.09. The first-order valence-electron chi connectivity index (χ1n) is 5.85. The first-order chi connectivity index (χ1) is 8.27. The Labute approximate surface area is 101 Å². The minimum atomic E-state index is -0.374. The topological polar surface area (TPSA) is 50.5 Å². The van der Waals surface area contributed by atoms with Gasteiger partial charge in [-0.2, -0.15) is 0 Å². The first kappa shape index (κ1) is 12.1. The maximum absolute atomic E-state index is 13.2. The maximum atomic E-state index is 13.2. The monoisotopic (exact) mass is 239 g/mol. The number of ether oxygens (including phenoxy) is 1. The SMILES string of the molecule is Nc1c(F)cccc1NCCN1CCOCC1. The lowest BCUT2D eigenvalue weighted by atomic mass is 10.2. The number of halogens is 1. The molecule has 0 amide bonds. The standard InChI is InChI=1S/C12H18FN3O/c13-10-2-1-3-11(12(10)14)15-4-5-16-6-8-17-9-7-16/h1-3,15H,4-9,14H2. The summed E-state index contributed by atoms with van der Waals surface area (Å²) in [5.74, 6) is -0.374. The lowest BCUT2D eigenvalue weighted by molar-refractivity contribution is 0.0398. The number of benzene rings is 1. The van der Waals surface area contributed by atoms with Gasteiger partial charge < -0.3 is 15.8 Å². The fourth-order valence-electron chi connectivity index (χ4n) is 1.86. The van der Waals surface area contributed by atoms with Crippen LogP contribution < -0.4 is 11.1 Å². The molecule has 3 N–H and O–H groups in total. The molecule has 0 radical (unpaired) electrons. The second-order valence-electron chi connectivity index (χ2n) is 4.08. The van der Waals surface area contributed by atoms with Gasteiger partial charge in [0, 0.05) is 26.2 Å². The summed E-state index contributed by atoms with van der Waals surface area (Å²) in [5, 5.41) is 3.15. The number of nitrogens with zero attached hydrogens (tertiary/aromatic N) is 1. The lowest BCUT2D eigenvalue weighted by Gasteiger charge is -2.26. The van der Waals surface area contributed by atoms with Crippen LogP contribution in [0.25, 0.3) is 0 Å². The molecule has 4 nitrogen and oxygen atoms in total. The zero-order valence-electron chi connectivity index (χ0n) is 9.79. The van der Waals surface area contributed by atoms with Gasteiger partial charge in [-0.1, -0.05) is 6.07 Å².